The summed E-state index contributed by atoms with van der Waals surface area (Å²) in [7, 11) is 1.49. The molecule has 0 aromatic heterocycles. The average Bonchev–Trinajstić information content (AvgIpc) is 2.46. The van der Waals surface area contributed by atoms with Crippen molar-refractivity contribution in [3.05, 3.63) is 59.4 Å². The first kappa shape index (κ1) is 14.5. The number of nitrogen functional groups attached to an aromatic ring is 1. The summed E-state index contributed by atoms with van der Waals surface area (Å²) in [5, 5.41) is 4.99. The van der Waals surface area contributed by atoms with E-state index in [9.17, 15) is 14.0 Å². The first-order valence-electron chi connectivity index (χ1n) is 6.20. The lowest BCUT2D eigenvalue weighted by Gasteiger charge is -2.10. The van der Waals surface area contributed by atoms with Crippen LogP contribution in [0.15, 0.2) is 42.5 Å². The maximum atomic E-state index is 13.7. The number of rotatable bonds is 3. The van der Waals surface area contributed by atoms with E-state index < -0.39 is 11.7 Å². The van der Waals surface area contributed by atoms with Crippen LogP contribution >= 0.6 is 0 Å². The Bertz CT molecular complexity index is 701. The minimum atomic E-state index is -0.718. The lowest BCUT2D eigenvalue weighted by atomic mass is 10.1. The van der Waals surface area contributed by atoms with E-state index in [1.807, 2.05) is 0 Å². The normalized spacial score (nSPS) is 10.0. The van der Waals surface area contributed by atoms with Crippen LogP contribution in [0.2, 0.25) is 0 Å². The van der Waals surface area contributed by atoms with Crippen LogP contribution in [-0.4, -0.2) is 18.9 Å². The maximum absolute atomic E-state index is 13.7. The molecule has 0 unspecified atom stereocenters. The summed E-state index contributed by atoms with van der Waals surface area (Å²) >= 11 is 0. The summed E-state index contributed by atoms with van der Waals surface area (Å²) in [6, 6.07) is 10.3. The van der Waals surface area contributed by atoms with Gasteiger partial charge in [0.25, 0.3) is 11.8 Å². The number of halogens is 1. The summed E-state index contributed by atoms with van der Waals surface area (Å²) in [5.41, 5.74) is 6.13. The highest BCUT2D eigenvalue weighted by molar-refractivity contribution is 6.09. The van der Waals surface area contributed by atoms with Gasteiger partial charge >= 0.3 is 0 Å². The van der Waals surface area contributed by atoms with Gasteiger partial charge < -0.3 is 16.4 Å². The van der Waals surface area contributed by atoms with Crippen molar-refractivity contribution in [3.8, 4) is 0 Å². The van der Waals surface area contributed by atoms with Gasteiger partial charge in [0, 0.05) is 12.7 Å². The molecule has 0 heterocycles. The molecule has 6 heteroatoms. The van der Waals surface area contributed by atoms with E-state index in [1.54, 1.807) is 24.3 Å². The molecule has 2 amide bonds. The maximum Gasteiger partial charge on any atom is 0.258 e. The van der Waals surface area contributed by atoms with Gasteiger partial charge in [-0.15, -0.1) is 0 Å². The Morgan fingerprint density at radius 1 is 1.05 bits per heavy atom. The number of benzene rings is 2. The first-order chi connectivity index (χ1) is 10.0. The molecular formula is C15H14FN3O2. The van der Waals surface area contributed by atoms with Gasteiger partial charge in [-0.1, -0.05) is 12.1 Å². The standard InChI is InChI=1S/C15H14FN3O2/c1-18-14(20)11-4-2-3-5-13(11)19-15(21)10-7-6-9(17)8-12(10)16/h2-8H,17H2,1H3,(H,18,20)(H,19,21). The van der Waals surface area contributed by atoms with E-state index in [0.29, 0.717) is 11.3 Å². The molecule has 0 bridgehead atoms. The van der Waals surface area contributed by atoms with Gasteiger partial charge in [0.1, 0.15) is 5.82 Å². The molecule has 2 rings (SSSR count). The van der Waals surface area contributed by atoms with Crippen molar-refractivity contribution in [3.63, 3.8) is 0 Å². The monoisotopic (exact) mass is 287 g/mol. The van der Waals surface area contributed by atoms with Crippen LogP contribution in [0.5, 0.6) is 0 Å². The molecule has 0 aliphatic rings. The predicted molar refractivity (Wildman–Crippen MR) is 78.6 cm³/mol. The quantitative estimate of drug-likeness (QED) is 0.755. The predicted octanol–water partition coefficient (Wildman–Crippen LogP) is 2.02. The largest absolute Gasteiger partial charge is 0.399 e. The van der Waals surface area contributed by atoms with Gasteiger partial charge in [-0.25, -0.2) is 4.39 Å². The molecule has 0 spiro atoms. The molecule has 0 saturated carbocycles. The van der Waals surface area contributed by atoms with Crippen molar-refractivity contribution in [2.75, 3.05) is 18.1 Å². The number of nitrogens with one attached hydrogen (secondary N) is 2. The van der Waals surface area contributed by atoms with Crippen molar-refractivity contribution in [2.24, 2.45) is 0 Å². The molecule has 2 aromatic carbocycles. The zero-order valence-electron chi connectivity index (χ0n) is 11.3. The number of hydrogen-bond acceptors (Lipinski definition) is 3. The second kappa shape index (κ2) is 6.04. The average molecular weight is 287 g/mol. The number of amides is 2. The number of anilines is 2. The van der Waals surface area contributed by atoms with Gasteiger partial charge in [-0.2, -0.15) is 0 Å². The molecule has 108 valence electrons. The van der Waals surface area contributed by atoms with Crippen molar-refractivity contribution >= 4 is 23.2 Å². The van der Waals surface area contributed by atoms with Gasteiger partial charge in [0.05, 0.1) is 16.8 Å². The highest BCUT2D eigenvalue weighted by Gasteiger charge is 2.15. The summed E-state index contributed by atoms with van der Waals surface area (Å²) in [6.07, 6.45) is 0. The topological polar surface area (TPSA) is 84.2 Å². The minimum Gasteiger partial charge on any atom is -0.399 e. The van der Waals surface area contributed by atoms with Crippen LogP contribution in [-0.2, 0) is 0 Å². The van der Waals surface area contributed by atoms with Gasteiger partial charge in [0.2, 0.25) is 0 Å². The van der Waals surface area contributed by atoms with E-state index in [1.165, 1.54) is 19.2 Å². The highest BCUT2D eigenvalue weighted by atomic mass is 19.1. The number of carbonyl (C=O) groups excluding carboxylic acids is 2. The molecule has 0 atom stereocenters. The number of nitrogens with two attached hydrogens (primary N) is 1. The van der Waals surface area contributed by atoms with Crippen molar-refractivity contribution < 1.29 is 14.0 Å². The lowest BCUT2D eigenvalue weighted by molar-refractivity contribution is 0.0964. The van der Waals surface area contributed by atoms with Crippen molar-refractivity contribution in [1.82, 2.24) is 5.32 Å². The molecule has 0 aliphatic carbocycles. The lowest BCUT2D eigenvalue weighted by Crippen LogP contribution is -2.21. The van der Waals surface area contributed by atoms with Crippen LogP contribution in [0.25, 0.3) is 0 Å². The third-order valence-electron chi connectivity index (χ3n) is 2.88. The molecule has 2 aromatic rings. The summed E-state index contributed by atoms with van der Waals surface area (Å²) in [5.74, 6) is -1.71. The van der Waals surface area contributed by atoms with Crippen LogP contribution in [0.3, 0.4) is 0 Å². The smallest absolute Gasteiger partial charge is 0.258 e. The summed E-state index contributed by atoms with van der Waals surface area (Å²) in [6.45, 7) is 0. The summed E-state index contributed by atoms with van der Waals surface area (Å²) < 4.78 is 13.7. The Kier molecular flexibility index (Phi) is 4.18. The second-order valence-electron chi connectivity index (χ2n) is 4.32. The van der Waals surface area contributed by atoms with Crippen molar-refractivity contribution in [2.45, 2.75) is 0 Å². The molecular weight excluding hydrogens is 273 g/mol. The summed E-state index contributed by atoms with van der Waals surface area (Å²) in [4.78, 5) is 23.8. The van der Waals surface area contributed by atoms with Crippen LogP contribution in [0, 0.1) is 5.82 Å². The Hall–Kier alpha value is -2.89. The molecule has 21 heavy (non-hydrogen) atoms. The fourth-order valence-electron chi connectivity index (χ4n) is 1.83. The zero-order chi connectivity index (χ0) is 15.4. The third-order valence-corrected chi connectivity index (χ3v) is 2.88. The number of hydrogen-bond donors (Lipinski definition) is 3. The van der Waals surface area contributed by atoms with Crippen LogP contribution in [0.1, 0.15) is 20.7 Å². The van der Waals surface area contributed by atoms with Gasteiger partial charge in [-0.3, -0.25) is 9.59 Å². The highest BCUT2D eigenvalue weighted by Crippen LogP contribution is 2.18. The Morgan fingerprint density at radius 2 is 1.76 bits per heavy atom. The molecule has 0 aliphatic heterocycles. The second-order valence-corrected chi connectivity index (χ2v) is 4.32. The van der Waals surface area contributed by atoms with E-state index in [-0.39, 0.29) is 17.2 Å². The fourth-order valence-corrected chi connectivity index (χ4v) is 1.83. The van der Waals surface area contributed by atoms with Gasteiger partial charge in [-0.05, 0) is 30.3 Å². The first-order valence-corrected chi connectivity index (χ1v) is 6.20. The Balaban J connectivity index is 2.30. The zero-order valence-corrected chi connectivity index (χ0v) is 11.3. The Morgan fingerprint density at radius 3 is 2.43 bits per heavy atom. The fraction of sp³-hybridized carbons (Fsp3) is 0.0667. The molecule has 0 fully saturated rings. The molecule has 0 saturated heterocycles. The molecule has 5 nitrogen and oxygen atoms in total. The van der Waals surface area contributed by atoms with E-state index in [4.69, 9.17) is 5.73 Å². The SMILES string of the molecule is CNC(=O)c1ccccc1NC(=O)c1ccc(N)cc1F. The molecule has 0 radical (unpaired) electrons. The molecule has 4 N–H and O–H groups in total. The van der Waals surface area contributed by atoms with Crippen molar-refractivity contribution in [1.29, 1.82) is 0 Å². The minimum absolute atomic E-state index is 0.143. The van der Waals surface area contributed by atoms with E-state index in [0.717, 1.165) is 6.07 Å². The van der Waals surface area contributed by atoms with E-state index in [2.05, 4.69) is 10.6 Å². The van der Waals surface area contributed by atoms with Crippen LogP contribution < -0.4 is 16.4 Å². The van der Waals surface area contributed by atoms with Crippen LogP contribution in [0.4, 0.5) is 15.8 Å². The van der Waals surface area contributed by atoms with E-state index >= 15 is 0 Å². The third kappa shape index (κ3) is 3.17. The number of carbonyl (C=O) groups is 2. The number of para-hydroxylation sites is 1. The van der Waals surface area contributed by atoms with Gasteiger partial charge in [0.15, 0.2) is 0 Å². The Labute approximate surface area is 121 Å².